The van der Waals surface area contributed by atoms with E-state index in [1.165, 1.54) is 19.3 Å². The predicted octanol–water partition coefficient (Wildman–Crippen LogP) is 2.05. The van der Waals surface area contributed by atoms with Crippen molar-refractivity contribution in [1.82, 2.24) is 4.90 Å². The second-order valence-corrected chi connectivity index (χ2v) is 6.51. The number of thioether (sulfide) groups is 1. The molecule has 0 aromatic carbocycles. The number of likely N-dealkylation sites (tertiary alicyclic amines) is 1. The van der Waals surface area contributed by atoms with E-state index in [0.29, 0.717) is 18.4 Å². The van der Waals surface area contributed by atoms with Crippen LogP contribution in [-0.2, 0) is 9.53 Å². The van der Waals surface area contributed by atoms with Crippen molar-refractivity contribution < 1.29 is 9.53 Å². The molecule has 0 aromatic heterocycles. The summed E-state index contributed by atoms with van der Waals surface area (Å²) in [7, 11) is 0. The smallest absolute Gasteiger partial charge is 0.232 e. The van der Waals surface area contributed by atoms with Gasteiger partial charge in [-0.25, -0.2) is 0 Å². The van der Waals surface area contributed by atoms with Crippen molar-refractivity contribution >= 4 is 30.1 Å². The predicted molar refractivity (Wildman–Crippen MR) is 86.6 cm³/mol. The van der Waals surface area contributed by atoms with Crippen molar-refractivity contribution in [3.63, 3.8) is 0 Å². The van der Waals surface area contributed by atoms with Crippen LogP contribution < -0.4 is 5.73 Å². The molecule has 6 heteroatoms. The first kappa shape index (κ1) is 18.1. The van der Waals surface area contributed by atoms with Gasteiger partial charge in [-0.2, -0.15) is 0 Å². The van der Waals surface area contributed by atoms with Crippen molar-refractivity contribution in [2.75, 3.05) is 31.2 Å². The van der Waals surface area contributed by atoms with Crippen LogP contribution in [-0.4, -0.2) is 54.2 Å². The molecule has 2 saturated heterocycles. The number of hydrogen-bond donors (Lipinski definition) is 1. The molecule has 0 aromatic rings. The summed E-state index contributed by atoms with van der Waals surface area (Å²) < 4.78 is 5.68. The number of carbonyl (C=O) groups is 1. The van der Waals surface area contributed by atoms with Gasteiger partial charge in [0.1, 0.15) is 0 Å². The third kappa shape index (κ3) is 5.43. The number of ether oxygens (including phenoxy) is 1. The fraction of sp³-hybridized carbons (Fsp3) is 0.929. The SMILES string of the molecule is Cl.NCC1CCCCN1C(=O)CSCC1CCCCO1. The molecule has 20 heavy (non-hydrogen) atoms. The van der Waals surface area contributed by atoms with Gasteiger partial charge in [0, 0.05) is 31.5 Å². The van der Waals surface area contributed by atoms with E-state index in [-0.39, 0.29) is 24.4 Å². The average molecular weight is 323 g/mol. The first-order valence-corrected chi connectivity index (χ1v) is 8.65. The minimum atomic E-state index is 0. The Balaban J connectivity index is 0.00000200. The molecule has 2 fully saturated rings. The Morgan fingerprint density at radius 3 is 2.75 bits per heavy atom. The number of nitrogens with zero attached hydrogens (tertiary/aromatic N) is 1. The van der Waals surface area contributed by atoms with Crippen molar-refractivity contribution in [1.29, 1.82) is 0 Å². The highest BCUT2D eigenvalue weighted by Crippen LogP contribution is 2.20. The summed E-state index contributed by atoms with van der Waals surface area (Å²) >= 11 is 1.72. The van der Waals surface area contributed by atoms with Crippen LogP contribution in [0.4, 0.5) is 0 Å². The van der Waals surface area contributed by atoms with Gasteiger partial charge in [-0.1, -0.05) is 0 Å². The van der Waals surface area contributed by atoms with Gasteiger partial charge in [0.05, 0.1) is 11.9 Å². The topological polar surface area (TPSA) is 55.6 Å². The molecule has 2 N–H and O–H groups in total. The number of piperidine rings is 1. The first-order chi connectivity index (χ1) is 9.31. The Hall–Kier alpha value is 0.0300. The average Bonchev–Trinajstić information content (AvgIpc) is 2.48. The van der Waals surface area contributed by atoms with E-state index in [9.17, 15) is 4.79 Å². The second kappa shape index (κ2) is 9.87. The van der Waals surface area contributed by atoms with Gasteiger partial charge < -0.3 is 15.4 Å². The first-order valence-electron chi connectivity index (χ1n) is 7.50. The number of hydrogen-bond acceptors (Lipinski definition) is 4. The molecule has 2 atom stereocenters. The fourth-order valence-electron chi connectivity index (χ4n) is 2.87. The highest BCUT2D eigenvalue weighted by atomic mass is 35.5. The van der Waals surface area contributed by atoms with E-state index in [0.717, 1.165) is 38.2 Å². The molecule has 2 heterocycles. The molecular weight excluding hydrogens is 296 g/mol. The van der Waals surface area contributed by atoms with Gasteiger partial charge in [-0.15, -0.1) is 24.2 Å². The summed E-state index contributed by atoms with van der Waals surface area (Å²) in [5.41, 5.74) is 5.76. The van der Waals surface area contributed by atoms with Crippen molar-refractivity contribution in [3.05, 3.63) is 0 Å². The number of rotatable bonds is 5. The third-order valence-corrected chi connectivity index (χ3v) is 5.08. The highest BCUT2D eigenvalue weighted by molar-refractivity contribution is 7.99. The molecule has 4 nitrogen and oxygen atoms in total. The molecule has 0 bridgehead atoms. The van der Waals surface area contributed by atoms with Crippen LogP contribution in [0.5, 0.6) is 0 Å². The van der Waals surface area contributed by atoms with E-state index in [1.807, 2.05) is 4.90 Å². The molecule has 118 valence electrons. The summed E-state index contributed by atoms with van der Waals surface area (Å²) in [6.45, 7) is 2.38. The molecule has 1 amide bonds. The van der Waals surface area contributed by atoms with Gasteiger partial charge >= 0.3 is 0 Å². The minimum Gasteiger partial charge on any atom is -0.377 e. The van der Waals surface area contributed by atoms with E-state index in [2.05, 4.69) is 0 Å². The lowest BCUT2D eigenvalue weighted by atomic mass is 10.0. The molecule has 2 unspecified atom stereocenters. The molecule has 2 rings (SSSR count). The van der Waals surface area contributed by atoms with Crippen molar-refractivity contribution in [3.8, 4) is 0 Å². The maximum Gasteiger partial charge on any atom is 0.232 e. The van der Waals surface area contributed by atoms with Crippen molar-refractivity contribution in [2.45, 2.75) is 50.7 Å². The molecule has 0 saturated carbocycles. The lowest BCUT2D eigenvalue weighted by Gasteiger charge is -2.35. The van der Waals surface area contributed by atoms with E-state index < -0.39 is 0 Å². The standard InChI is InChI=1S/C14H26N2O2S.ClH/c15-9-12-5-1-3-7-16(12)14(17)11-19-10-13-6-2-4-8-18-13;/h12-13H,1-11,15H2;1H. The lowest BCUT2D eigenvalue weighted by molar-refractivity contribution is -0.131. The lowest BCUT2D eigenvalue weighted by Crippen LogP contribution is -2.48. The Kier molecular flexibility index (Phi) is 8.93. The zero-order valence-corrected chi connectivity index (χ0v) is 13.7. The third-order valence-electron chi connectivity index (χ3n) is 4.02. The maximum absolute atomic E-state index is 12.2. The summed E-state index contributed by atoms with van der Waals surface area (Å²) in [4.78, 5) is 14.2. The van der Waals surface area contributed by atoms with Gasteiger partial charge in [-0.05, 0) is 38.5 Å². The molecule has 2 aliphatic heterocycles. The van der Waals surface area contributed by atoms with Crippen LogP contribution in [0.2, 0.25) is 0 Å². The molecule has 0 radical (unpaired) electrons. The Morgan fingerprint density at radius 2 is 2.05 bits per heavy atom. The number of halogens is 1. The Labute approximate surface area is 132 Å². The number of nitrogens with two attached hydrogens (primary N) is 1. The Bertz CT molecular complexity index is 288. The molecular formula is C14H27ClN2O2S. The monoisotopic (exact) mass is 322 g/mol. The number of carbonyl (C=O) groups excluding carboxylic acids is 1. The molecule has 2 aliphatic rings. The zero-order chi connectivity index (χ0) is 13.5. The van der Waals surface area contributed by atoms with Crippen LogP contribution >= 0.6 is 24.2 Å². The quantitative estimate of drug-likeness (QED) is 0.841. The number of amides is 1. The second-order valence-electron chi connectivity index (χ2n) is 5.48. The van der Waals surface area contributed by atoms with E-state index in [4.69, 9.17) is 10.5 Å². The summed E-state index contributed by atoms with van der Waals surface area (Å²) in [6, 6.07) is 0.271. The summed E-state index contributed by atoms with van der Waals surface area (Å²) in [5.74, 6) is 1.79. The fourth-order valence-corrected chi connectivity index (χ4v) is 3.86. The van der Waals surface area contributed by atoms with Crippen LogP contribution in [0.1, 0.15) is 38.5 Å². The van der Waals surface area contributed by atoms with Gasteiger partial charge in [0.25, 0.3) is 0 Å². The van der Waals surface area contributed by atoms with E-state index >= 15 is 0 Å². The van der Waals surface area contributed by atoms with Crippen LogP contribution in [0.15, 0.2) is 0 Å². The molecule has 0 aliphatic carbocycles. The van der Waals surface area contributed by atoms with Gasteiger partial charge in [0.15, 0.2) is 0 Å². The normalized spacial score (nSPS) is 26.9. The Morgan fingerprint density at radius 1 is 1.25 bits per heavy atom. The van der Waals surface area contributed by atoms with Crippen molar-refractivity contribution in [2.24, 2.45) is 5.73 Å². The van der Waals surface area contributed by atoms with Gasteiger partial charge in [-0.3, -0.25) is 4.79 Å². The highest BCUT2D eigenvalue weighted by Gasteiger charge is 2.25. The largest absolute Gasteiger partial charge is 0.377 e. The van der Waals surface area contributed by atoms with Crippen LogP contribution in [0.3, 0.4) is 0 Å². The van der Waals surface area contributed by atoms with Crippen LogP contribution in [0, 0.1) is 0 Å². The van der Waals surface area contributed by atoms with Gasteiger partial charge in [0.2, 0.25) is 5.91 Å². The maximum atomic E-state index is 12.2. The van der Waals surface area contributed by atoms with E-state index in [1.54, 1.807) is 11.8 Å². The zero-order valence-electron chi connectivity index (χ0n) is 12.1. The van der Waals surface area contributed by atoms with Crippen LogP contribution in [0.25, 0.3) is 0 Å². The summed E-state index contributed by atoms with van der Waals surface area (Å²) in [6.07, 6.45) is 7.35. The minimum absolute atomic E-state index is 0. The molecule has 0 spiro atoms. The summed E-state index contributed by atoms with van der Waals surface area (Å²) in [5, 5.41) is 0.